The number of fused-ring (bicyclic) bond motifs is 1. The Bertz CT molecular complexity index is 770. The van der Waals surface area contributed by atoms with E-state index in [1.54, 1.807) is 12.4 Å². The van der Waals surface area contributed by atoms with Crippen LogP contribution in [0.15, 0.2) is 49.1 Å². The summed E-state index contributed by atoms with van der Waals surface area (Å²) in [5, 5.41) is 15.0. The second-order valence-corrected chi connectivity index (χ2v) is 4.24. The molecule has 20 heavy (non-hydrogen) atoms. The Morgan fingerprint density at radius 2 is 2.05 bits per heavy atom. The summed E-state index contributed by atoms with van der Waals surface area (Å²) in [7, 11) is 0. The van der Waals surface area contributed by atoms with Crippen LogP contribution in [0.2, 0.25) is 0 Å². The Kier molecular flexibility index (Phi) is 3.40. The lowest BCUT2D eigenvalue weighted by molar-refractivity contribution is 0.100. The van der Waals surface area contributed by atoms with Crippen molar-refractivity contribution in [3.63, 3.8) is 0 Å². The fraction of sp³-hybridized carbons (Fsp3) is 0.133. The van der Waals surface area contributed by atoms with Crippen LogP contribution in [0.5, 0.6) is 0 Å². The lowest BCUT2D eigenvalue weighted by Gasteiger charge is -2.07. The number of rotatable bonds is 2. The molecular weight excluding hydrogens is 252 g/mol. The van der Waals surface area contributed by atoms with Gasteiger partial charge in [0, 0.05) is 11.8 Å². The minimum atomic E-state index is -0.821. The molecular formula is C15H12N4O. The van der Waals surface area contributed by atoms with E-state index in [2.05, 4.69) is 26.9 Å². The van der Waals surface area contributed by atoms with Crippen molar-refractivity contribution >= 4 is 11.0 Å². The van der Waals surface area contributed by atoms with Crippen molar-refractivity contribution in [3.8, 4) is 11.8 Å². The van der Waals surface area contributed by atoms with E-state index in [0.29, 0.717) is 5.65 Å². The highest BCUT2D eigenvalue weighted by atomic mass is 16.3. The summed E-state index contributed by atoms with van der Waals surface area (Å²) in [4.78, 5) is 8.02. The fourth-order valence-corrected chi connectivity index (χ4v) is 1.87. The van der Waals surface area contributed by atoms with Crippen LogP contribution in [-0.2, 0) is 0 Å². The molecule has 1 atom stereocenters. The molecule has 2 heterocycles. The fourth-order valence-electron chi connectivity index (χ4n) is 1.87. The molecule has 0 aliphatic rings. The highest BCUT2D eigenvalue weighted by Crippen LogP contribution is 2.14. The molecule has 0 aliphatic carbocycles. The van der Waals surface area contributed by atoms with Gasteiger partial charge in [-0.05, 0) is 12.1 Å². The second kappa shape index (κ2) is 5.51. The van der Waals surface area contributed by atoms with Crippen LogP contribution in [-0.4, -0.2) is 24.9 Å². The third-order valence-corrected chi connectivity index (χ3v) is 2.83. The SMILES string of the molecule is OC(CC#Cc1ccccc1)n1ncc2cncnc21. The van der Waals surface area contributed by atoms with Gasteiger partial charge in [-0.3, -0.25) is 0 Å². The topological polar surface area (TPSA) is 63.8 Å². The molecule has 0 saturated heterocycles. The quantitative estimate of drug-likeness (QED) is 0.716. The monoisotopic (exact) mass is 264 g/mol. The Hall–Kier alpha value is -2.71. The Morgan fingerprint density at radius 3 is 2.90 bits per heavy atom. The molecule has 1 N–H and O–H groups in total. The third kappa shape index (κ3) is 2.51. The first kappa shape index (κ1) is 12.3. The lowest BCUT2D eigenvalue weighted by atomic mass is 10.2. The minimum absolute atomic E-state index is 0.287. The van der Waals surface area contributed by atoms with Crippen LogP contribution in [0.25, 0.3) is 11.0 Å². The van der Waals surface area contributed by atoms with Crippen molar-refractivity contribution in [2.24, 2.45) is 0 Å². The van der Waals surface area contributed by atoms with Gasteiger partial charge in [0.25, 0.3) is 0 Å². The molecule has 0 spiro atoms. The van der Waals surface area contributed by atoms with Crippen LogP contribution in [0.1, 0.15) is 18.2 Å². The van der Waals surface area contributed by atoms with Crippen molar-refractivity contribution in [2.75, 3.05) is 0 Å². The van der Waals surface area contributed by atoms with Gasteiger partial charge in [0.15, 0.2) is 11.9 Å². The van der Waals surface area contributed by atoms with Crippen molar-refractivity contribution < 1.29 is 5.11 Å². The van der Waals surface area contributed by atoms with E-state index in [1.165, 1.54) is 11.0 Å². The Morgan fingerprint density at radius 1 is 1.20 bits per heavy atom. The lowest BCUT2D eigenvalue weighted by Crippen LogP contribution is -2.09. The molecule has 5 heteroatoms. The van der Waals surface area contributed by atoms with Crippen molar-refractivity contribution in [2.45, 2.75) is 12.6 Å². The molecule has 3 aromatic rings. The number of hydrogen-bond donors (Lipinski definition) is 1. The average Bonchev–Trinajstić information content (AvgIpc) is 2.92. The number of aliphatic hydroxyl groups excluding tert-OH is 1. The van der Waals surface area contributed by atoms with Gasteiger partial charge in [-0.2, -0.15) is 5.10 Å². The van der Waals surface area contributed by atoms with Crippen LogP contribution >= 0.6 is 0 Å². The zero-order valence-corrected chi connectivity index (χ0v) is 10.6. The molecule has 0 fully saturated rings. The van der Waals surface area contributed by atoms with E-state index >= 15 is 0 Å². The molecule has 3 rings (SSSR count). The molecule has 1 unspecified atom stereocenters. The van der Waals surface area contributed by atoms with Gasteiger partial charge in [0.05, 0.1) is 18.0 Å². The van der Waals surface area contributed by atoms with Crippen molar-refractivity contribution in [3.05, 3.63) is 54.6 Å². The third-order valence-electron chi connectivity index (χ3n) is 2.83. The predicted octanol–water partition coefficient (Wildman–Crippen LogP) is 1.76. The van der Waals surface area contributed by atoms with Gasteiger partial charge in [-0.25, -0.2) is 14.6 Å². The summed E-state index contributed by atoms with van der Waals surface area (Å²) < 4.78 is 1.46. The van der Waals surface area contributed by atoms with Crippen molar-refractivity contribution in [1.82, 2.24) is 19.7 Å². The summed E-state index contributed by atoms with van der Waals surface area (Å²) in [6.07, 6.45) is 4.19. The van der Waals surface area contributed by atoms with Gasteiger partial charge in [0.2, 0.25) is 0 Å². The van der Waals surface area contributed by atoms with E-state index in [-0.39, 0.29) is 6.42 Å². The smallest absolute Gasteiger partial charge is 0.163 e. The maximum absolute atomic E-state index is 10.1. The Balaban J connectivity index is 1.77. The van der Waals surface area contributed by atoms with Gasteiger partial charge in [-0.15, -0.1) is 0 Å². The maximum Gasteiger partial charge on any atom is 0.163 e. The van der Waals surface area contributed by atoms with E-state index in [1.807, 2.05) is 30.3 Å². The molecule has 0 saturated carbocycles. The number of aliphatic hydroxyl groups is 1. The number of benzene rings is 1. The normalized spacial score (nSPS) is 11.8. The average molecular weight is 264 g/mol. The van der Waals surface area contributed by atoms with Crippen LogP contribution in [0, 0.1) is 11.8 Å². The summed E-state index contributed by atoms with van der Waals surface area (Å²) >= 11 is 0. The zero-order chi connectivity index (χ0) is 13.8. The van der Waals surface area contributed by atoms with Crippen molar-refractivity contribution in [1.29, 1.82) is 0 Å². The highest BCUT2D eigenvalue weighted by molar-refractivity contribution is 5.72. The molecule has 2 aromatic heterocycles. The zero-order valence-electron chi connectivity index (χ0n) is 10.6. The van der Waals surface area contributed by atoms with Crippen LogP contribution in [0.3, 0.4) is 0 Å². The summed E-state index contributed by atoms with van der Waals surface area (Å²) in [5.41, 5.74) is 1.53. The second-order valence-electron chi connectivity index (χ2n) is 4.24. The molecule has 0 radical (unpaired) electrons. The number of nitrogens with zero attached hydrogens (tertiary/aromatic N) is 4. The van der Waals surface area contributed by atoms with E-state index in [9.17, 15) is 5.11 Å². The highest BCUT2D eigenvalue weighted by Gasteiger charge is 2.10. The number of aromatic nitrogens is 4. The predicted molar refractivity (Wildman–Crippen MR) is 74.5 cm³/mol. The van der Waals surface area contributed by atoms with Gasteiger partial charge in [-0.1, -0.05) is 30.0 Å². The first-order valence-corrected chi connectivity index (χ1v) is 6.20. The van der Waals surface area contributed by atoms with Gasteiger partial charge < -0.3 is 5.11 Å². The molecule has 5 nitrogen and oxygen atoms in total. The van der Waals surface area contributed by atoms with E-state index < -0.39 is 6.23 Å². The van der Waals surface area contributed by atoms with Gasteiger partial charge >= 0.3 is 0 Å². The van der Waals surface area contributed by atoms with Crippen LogP contribution in [0.4, 0.5) is 0 Å². The summed E-state index contributed by atoms with van der Waals surface area (Å²) in [5.74, 6) is 5.95. The largest absolute Gasteiger partial charge is 0.371 e. The van der Waals surface area contributed by atoms with E-state index in [0.717, 1.165) is 10.9 Å². The molecule has 0 aliphatic heterocycles. The van der Waals surface area contributed by atoms with E-state index in [4.69, 9.17) is 0 Å². The van der Waals surface area contributed by atoms with Crippen LogP contribution < -0.4 is 0 Å². The summed E-state index contributed by atoms with van der Waals surface area (Å²) in [6.45, 7) is 0. The first-order chi connectivity index (χ1) is 9.84. The Labute approximate surface area is 115 Å². The standard InChI is InChI=1S/C15H12N4O/c20-14(8-4-7-12-5-2-1-3-6-12)19-15-13(10-18-19)9-16-11-17-15/h1-3,5-6,9-11,14,20H,8H2. The minimum Gasteiger partial charge on any atom is -0.371 e. The molecule has 1 aromatic carbocycles. The van der Waals surface area contributed by atoms with Gasteiger partial charge in [0.1, 0.15) is 6.33 Å². The molecule has 0 bridgehead atoms. The maximum atomic E-state index is 10.1. The number of hydrogen-bond acceptors (Lipinski definition) is 4. The molecule has 0 amide bonds. The first-order valence-electron chi connectivity index (χ1n) is 6.20. The molecule has 98 valence electrons. The summed E-state index contributed by atoms with van der Waals surface area (Å²) in [6, 6.07) is 9.65.